The van der Waals surface area contributed by atoms with E-state index in [1.165, 1.54) is 0 Å². The quantitative estimate of drug-likeness (QED) is 0.889. The number of benzene rings is 1. The lowest BCUT2D eigenvalue weighted by molar-refractivity contribution is -0.122. The summed E-state index contributed by atoms with van der Waals surface area (Å²) in [7, 11) is 0. The monoisotopic (exact) mass is 276 g/mol. The predicted molar refractivity (Wildman–Crippen MR) is 81.1 cm³/mol. The molecule has 0 aliphatic carbocycles. The Hall–Kier alpha value is -1.55. The highest BCUT2D eigenvalue weighted by Gasteiger charge is 2.34. The van der Waals surface area contributed by atoms with Crippen molar-refractivity contribution in [3.8, 4) is 5.75 Å². The van der Waals surface area contributed by atoms with Gasteiger partial charge in [0.2, 0.25) is 5.91 Å². The van der Waals surface area contributed by atoms with Crippen LogP contribution in [0.3, 0.4) is 0 Å². The fourth-order valence-corrected chi connectivity index (χ4v) is 2.44. The number of carbonyl (C=O) groups is 1. The van der Waals surface area contributed by atoms with Crippen molar-refractivity contribution in [2.24, 2.45) is 0 Å². The van der Waals surface area contributed by atoms with Crippen LogP contribution in [0.2, 0.25) is 0 Å². The highest BCUT2D eigenvalue weighted by atomic mass is 16.5. The van der Waals surface area contributed by atoms with Crippen LogP contribution < -0.4 is 15.4 Å². The second kappa shape index (κ2) is 6.27. The van der Waals surface area contributed by atoms with Crippen LogP contribution in [-0.2, 0) is 4.79 Å². The number of para-hydroxylation sites is 2. The maximum Gasteiger partial charge on any atom is 0.244 e. The molecule has 1 heterocycles. The Kier molecular flexibility index (Phi) is 4.65. The highest BCUT2D eigenvalue weighted by Crippen LogP contribution is 2.27. The Bertz CT molecular complexity index is 465. The zero-order chi connectivity index (χ0) is 14.6. The van der Waals surface area contributed by atoms with Gasteiger partial charge in [0.15, 0.2) is 0 Å². The van der Waals surface area contributed by atoms with Crippen LogP contribution >= 0.6 is 0 Å². The van der Waals surface area contributed by atoms with E-state index in [0.717, 1.165) is 37.2 Å². The summed E-state index contributed by atoms with van der Waals surface area (Å²) < 4.78 is 5.73. The number of hydrogen-bond acceptors (Lipinski definition) is 3. The zero-order valence-corrected chi connectivity index (χ0v) is 12.5. The first-order valence-corrected chi connectivity index (χ1v) is 7.33. The minimum atomic E-state index is -0.483. The SMILES string of the molecule is CC(C)Oc1ccccc1NC(=O)C1(C)CCCCN1. The van der Waals surface area contributed by atoms with E-state index >= 15 is 0 Å². The normalized spacial score (nSPS) is 22.6. The molecule has 110 valence electrons. The van der Waals surface area contributed by atoms with Crippen molar-refractivity contribution in [2.45, 2.75) is 51.7 Å². The molecule has 2 N–H and O–H groups in total. The molecule has 4 nitrogen and oxygen atoms in total. The number of hydrogen-bond donors (Lipinski definition) is 2. The van der Waals surface area contributed by atoms with Crippen LogP contribution in [0.15, 0.2) is 24.3 Å². The van der Waals surface area contributed by atoms with Crippen LogP contribution in [-0.4, -0.2) is 24.1 Å². The fourth-order valence-electron chi connectivity index (χ4n) is 2.44. The number of ether oxygens (including phenoxy) is 1. The van der Waals surface area contributed by atoms with Crippen molar-refractivity contribution in [3.05, 3.63) is 24.3 Å². The first-order chi connectivity index (χ1) is 9.51. The van der Waals surface area contributed by atoms with Gasteiger partial charge in [0, 0.05) is 0 Å². The Balaban J connectivity index is 2.11. The fraction of sp³-hybridized carbons (Fsp3) is 0.562. The van der Waals surface area contributed by atoms with Crippen LogP contribution in [0.4, 0.5) is 5.69 Å². The molecule has 0 spiro atoms. The third-order valence-electron chi connectivity index (χ3n) is 3.62. The molecular weight excluding hydrogens is 252 g/mol. The van der Waals surface area contributed by atoms with Crippen molar-refractivity contribution in [3.63, 3.8) is 0 Å². The van der Waals surface area contributed by atoms with Crippen LogP contribution in [0.25, 0.3) is 0 Å². The maximum atomic E-state index is 12.5. The van der Waals surface area contributed by atoms with Gasteiger partial charge in [-0.25, -0.2) is 0 Å². The van der Waals surface area contributed by atoms with Gasteiger partial charge in [0.05, 0.1) is 17.3 Å². The summed E-state index contributed by atoms with van der Waals surface area (Å²) in [5.74, 6) is 0.729. The third kappa shape index (κ3) is 3.51. The van der Waals surface area contributed by atoms with Gasteiger partial charge in [0.25, 0.3) is 0 Å². The number of nitrogens with one attached hydrogen (secondary N) is 2. The average Bonchev–Trinajstić information content (AvgIpc) is 2.41. The molecule has 1 aliphatic rings. The van der Waals surface area contributed by atoms with Gasteiger partial charge in [-0.1, -0.05) is 12.1 Å². The lowest BCUT2D eigenvalue weighted by Crippen LogP contribution is -2.54. The molecule has 1 atom stereocenters. The number of amides is 1. The van der Waals surface area contributed by atoms with E-state index in [2.05, 4.69) is 10.6 Å². The molecule has 4 heteroatoms. The van der Waals surface area contributed by atoms with Gasteiger partial charge in [-0.3, -0.25) is 4.79 Å². The molecule has 0 bridgehead atoms. The van der Waals surface area contributed by atoms with Crippen molar-refractivity contribution in [2.75, 3.05) is 11.9 Å². The topological polar surface area (TPSA) is 50.4 Å². The van der Waals surface area contributed by atoms with Crippen molar-refractivity contribution < 1.29 is 9.53 Å². The number of carbonyl (C=O) groups excluding carboxylic acids is 1. The van der Waals surface area contributed by atoms with Crippen molar-refractivity contribution >= 4 is 11.6 Å². The van der Waals surface area contributed by atoms with Crippen LogP contribution in [0, 0.1) is 0 Å². The zero-order valence-electron chi connectivity index (χ0n) is 12.5. The molecule has 0 saturated carbocycles. The molecule has 1 saturated heterocycles. The van der Waals surface area contributed by atoms with E-state index in [0.29, 0.717) is 0 Å². The first-order valence-electron chi connectivity index (χ1n) is 7.33. The Morgan fingerprint density at radius 3 is 2.75 bits per heavy atom. The largest absolute Gasteiger partial charge is 0.489 e. The minimum Gasteiger partial charge on any atom is -0.489 e. The van der Waals surface area contributed by atoms with Gasteiger partial charge in [0.1, 0.15) is 5.75 Å². The van der Waals surface area contributed by atoms with Crippen LogP contribution in [0.5, 0.6) is 5.75 Å². The number of anilines is 1. The predicted octanol–water partition coefficient (Wildman–Crippen LogP) is 2.94. The second-order valence-corrected chi connectivity index (χ2v) is 5.83. The molecule has 1 amide bonds. The third-order valence-corrected chi connectivity index (χ3v) is 3.62. The summed E-state index contributed by atoms with van der Waals surface area (Å²) in [5, 5.41) is 6.32. The minimum absolute atomic E-state index is 0.0111. The summed E-state index contributed by atoms with van der Waals surface area (Å²) in [4.78, 5) is 12.5. The molecule has 1 aromatic rings. The lowest BCUT2D eigenvalue weighted by atomic mass is 9.90. The van der Waals surface area contributed by atoms with Gasteiger partial charge >= 0.3 is 0 Å². The van der Waals surface area contributed by atoms with E-state index in [1.54, 1.807) is 0 Å². The Labute approximate surface area is 120 Å². The van der Waals surface area contributed by atoms with Gasteiger partial charge < -0.3 is 15.4 Å². The summed E-state index contributed by atoms with van der Waals surface area (Å²) >= 11 is 0. The van der Waals surface area contributed by atoms with Gasteiger partial charge in [-0.15, -0.1) is 0 Å². The van der Waals surface area contributed by atoms with Crippen molar-refractivity contribution in [1.29, 1.82) is 0 Å². The molecule has 1 fully saturated rings. The van der Waals surface area contributed by atoms with E-state index in [-0.39, 0.29) is 12.0 Å². The molecular formula is C16H24N2O2. The maximum absolute atomic E-state index is 12.5. The van der Waals surface area contributed by atoms with Gasteiger partial charge in [-0.05, 0) is 58.7 Å². The second-order valence-electron chi connectivity index (χ2n) is 5.83. The smallest absolute Gasteiger partial charge is 0.244 e. The summed E-state index contributed by atoms with van der Waals surface area (Å²) in [5.41, 5.74) is 0.253. The molecule has 20 heavy (non-hydrogen) atoms. The lowest BCUT2D eigenvalue weighted by Gasteiger charge is -2.33. The molecule has 1 aliphatic heterocycles. The van der Waals surface area contributed by atoms with E-state index in [4.69, 9.17) is 4.74 Å². The molecule has 2 rings (SSSR count). The number of piperidine rings is 1. The highest BCUT2D eigenvalue weighted by molar-refractivity contribution is 5.98. The molecule has 0 radical (unpaired) electrons. The van der Waals surface area contributed by atoms with E-state index in [9.17, 15) is 4.79 Å². The van der Waals surface area contributed by atoms with E-state index in [1.807, 2.05) is 45.0 Å². The van der Waals surface area contributed by atoms with Gasteiger partial charge in [-0.2, -0.15) is 0 Å². The Morgan fingerprint density at radius 2 is 2.10 bits per heavy atom. The molecule has 0 aromatic heterocycles. The van der Waals surface area contributed by atoms with Crippen molar-refractivity contribution in [1.82, 2.24) is 5.32 Å². The molecule has 1 unspecified atom stereocenters. The standard InChI is InChI=1S/C16H24N2O2/c1-12(2)20-14-9-5-4-8-13(14)18-15(19)16(3)10-6-7-11-17-16/h4-5,8-9,12,17H,6-7,10-11H2,1-3H3,(H,18,19). The first kappa shape index (κ1) is 14.9. The molecule has 1 aromatic carbocycles. The van der Waals surface area contributed by atoms with Crippen LogP contribution in [0.1, 0.15) is 40.0 Å². The average molecular weight is 276 g/mol. The van der Waals surface area contributed by atoms with E-state index < -0.39 is 5.54 Å². The summed E-state index contributed by atoms with van der Waals surface area (Å²) in [6.07, 6.45) is 3.17. The summed E-state index contributed by atoms with van der Waals surface area (Å²) in [6.45, 7) is 6.81. The summed E-state index contributed by atoms with van der Waals surface area (Å²) in [6, 6.07) is 7.57. The number of rotatable bonds is 4. The Morgan fingerprint density at radius 1 is 1.35 bits per heavy atom.